The van der Waals surface area contributed by atoms with Gasteiger partial charge in [-0.3, -0.25) is 0 Å². The van der Waals surface area contributed by atoms with Gasteiger partial charge in [0.25, 0.3) is 6.01 Å². The van der Waals surface area contributed by atoms with E-state index in [1.165, 1.54) is 6.33 Å². The van der Waals surface area contributed by atoms with Crippen LogP contribution in [0.15, 0.2) is 28.9 Å². The lowest BCUT2D eigenvalue weighted by molar-refractivity contribution is 0.367. The average molecular weight is 323 g/mol. The van der Waals surface area contributed by atoms with Crippen molar-refractivity contribution in [1.82, 2.24) is 24.7 Å². The van der Waals surface area contributed by atoms with E-state index in [-0.39, 0.29) is 11.6 Å². The van der Waals surface area contributed by atoms with E-state index in [1.807, 2.05) is 22.9 Å². The van der Waals surface area contributed by atoms with Crippen molar-refractivity contribution >= 4 is 34.0 Å². The molecule has 0 amide bonds. The Kier molecular flexibility index (Phi) is 2.81. The zero-order chi connectivity index (χ0) is 17.1. The summed E-state index contributed by atoms with van der Waals surface area (Å²) >= 11 is 0. The molecule has 0 bridgehead atoms. The van der Waals surface area contributed by atoms with Crippen LogP contribution in [-0.4, -0.2) is 24.7 Å². The number of fused-ring (bicyclic) bond motifs is 2. The number of nitrogen functional groups attached to an aromatic ring is 2. The van der Waals surface area contributed by atoms with Crippen LogP contribution in [0.4, 0.5) is 11.8 Å². The lowest BCUT2D eigenvalue weighted by atomic mass is 10.1. The highest BCUT2D eigenvalue weighted by Crippen LogP contribution is 2.34. The molecule has 0 saturated carbocycles. The molecule has 0 aliphatic carbocycles. The second-order valence-corrected chi connectivity index (χ2v) is 6.62. The molecule has 4 aromatic rings. The monoisotopic (exact) mass is 323 g/mol. The van der Waals surface area contributed by atoms with Crippen molar-refractivity contribution in [3.63, 3.8) is 0 Å². The van der Waals surface area contributed by atoms with Crippen molar-refractivity contribution < 1.29 is 4.42 Å². The topological polar surface area (TPSA) is 122 Å². The number of rotatable bonds is 1. The molecule has 8 nitrogen and oxygen atoms in total. The summed E-state index contributed by atoms with van der Waals surface area (Å²) in [4.78, 5) is 12.7. The van der Waals surface area contributed by atoms with Gasteiger partial charge in [-0.2, -0.15) is 10.1 Å². The van der Waals surface area contributed by atoms with E-state index in [1.54, 1.807) is 0 Å². The number of aromatic nitrogens is 5. The van der Waals surface area contributed by atoms with Crippen LogP contribution in [0.5, 0.6) is 0 Å². The Morgan fingerprint density at radius 3 is 2.67 bits per heavy atom. The molecule has 0 aliphatic heterocycles. The minimum Gasteiger partial charge on any atom is -0.424 e. The summed E-state index contributed by atoms with van der Waals surface area (Å²) < 4.78 is 7.18. The van der Waals surface area contributed by atoms with E-state index in [0.29, 0.717) is 28.3 Å². The lowest BCUT2D eigenvalue weighted by Crippen LogP contribution is -2.23. The minimum atomic E-state index is -0.250. The molecule has 3 aromatic heterocycles. The fourth-order valence-corrected chi connectivity index (χ4v) is 2.74. The zero-order valence-electron chi connectivity index (χ0n) is 13.6. The van der Waals surface area contributed by atoms with Gasteiger partial charge in [-0.1, -0.05) is 0 Å². The third-order valence-corrected chi connectivity index (χ3v) is 3.81. The van der Waals surface area contributed by atoms with Gasteiger partial charge in [0.2, 0.25) is 0 Å². The number of nitrogens with zero attached hydrogens (tertiary/aromatic N) is 5. The zero-order valence-corrected chi connectivity index (χ0v) is 13.6. The summed E-state index contributed by atoms with van der Waals surface area (Å²) in [6, 6.07) is 5.72. The van der Waals surface area contributed by atoms with Gasteiger partial charge in [-0.25, -0.2) is 14.6 Å². The minimum absolute atomic E-state index is 0.134. The van der Waals surface area contributed by atoms with E-state index >= 15 is 0 Å². The van der Waals surface area contributed by atoms with Gasteiger partial charge in [0.1, 0.15) is 23.4 Å². The van der Waals surface area contributed by atoms with Crippen LogP contribution in [-0.2, 0) is 5.54 Å². The molecule has 4 N–H and O–H groups in total. The number of benzene rings is 1. The van der Waals surface area contributed by atoms with Gasteiger partial charge in [0.05, 0.1) is 10.9 Å². The van der Waals surface area contributed by atoms with Gasteiger partial charge < -0.3 is 15.9 Å². The summed E-state index contributed by atoms with van der Waals surface area (Å²) in [5, 5.41) is 5.48. The Balaban J connectivity index is 2.04. The van der Waals surface area contributed by atoms with Gasteiger partial charge in [0, 0.05) is 5.56 Å². The number of hydrogen-bond acceptors (Lipinski definition) is 7. The van der Waals surface area contributed by atoms with Crippen LogP contribution < -0.4 is 11.5 Å². The third-order valence-electron chi connectivity index (χ3n) is 3.81. The number of nitrogens with two attached hydrogens (primary N) is 2. The van der Waals surface area contributed by atoms with E-state index in [9.17, 15) is 0 Å². The van der Waals surface area contributed by atoms with Crippen LogP contribution in [0.25, 0.3) is 33.4 Å². The summed E-state index contributed by atoms with van der Waals surface area (Å²) in [6.07, 6.45) is 1.45. The molecule has 4 rings (SSSR count). The molecule has 0 spiro atoms. The molecule has 8 heteroatoms. The second-order valence-electron chi connectivity index (χ2n) is 6.62. The molecular weight excluding hydrogens is 306 g/mol. The normalized spacial score (nSPS) is 12.3. The van der Waals surface area contributed by atoms with Crippen LogP contribution >= 0.6 is 0 Å². The van der Waals surface area contributed by atoms with Crippen molar-refractivity contribution in [2.24, 2.45) is 0 Å². The highest BCUT2D eigenvalue weighted by atomic mass is 16.4. The fraction of sp³-hybridized carbons (Fsp3) is 0.250. The molecule has 0 atom stereocenters. The van der Waals surface area contributed by atoms with Crippen LogP contribution in [0, 0.1) is 0 Å². The summed E-state index contributed by atoms with van der Waals surface area (Å²) in [6.45, 7) is 6.18. The van der Waals surface area contributed by atoms with E-state index in [0.717, 1.165) is 10.9 Å². The van der Waals surface area contributed by atoms with Gasteiger partial charge in [-0.05, 0) is 39.0 Å². The van der Waals surface area contributed by atoms with Gasteiger partial charge in [-0.15, -0.1) is 0 Å². The molecule has 24 heavy (non-hydrogen) atoms. The summed E-state index contributed by atoms with van der Waals surface area (Å²) in [7, 11) is 0. The van der Waals surface area contributed by atoms with Crippen LogP contribution in [0.1, 0.15) is 20.8 Å². The quantitative estimate of drug-likeness (QED) is 0.552. The second kappa shape index (κ2) is 4.67. The molecule has 0 radical (unpaired) electrons. The van der Waals surface area contributed by atoms with E-state index in [2.05, 4.69) is 35.7 Å². The summed E-state index contributed by atoms with van der Waals surface area (Å²) in [5.74, 6) is 0.394. The standard InChI is InChI=1S/C16H17N7O/c1-16(2,3)23-14-11(13(17)19-7-20-14)12(22-23)8-4-5-10-9(6-8)21-15(18)24-10/h4-7H,1-3H3,(H2,18,21)(H2,17,19,20). The molecule has 0 fully saturated rings. The molecule has 122 valence electrons. The Hall–Kier alpha value is -3.16. The molecule has 0 aliphatic rings. The van der Waals surface area contributed by atoms with Crippen molar-refractivity contribution in [1.29, 1.82) is 0 Å². The Morgan fingerprint density at radius 1 is 1.12 bits per heavy atom. The average Bonchev–Trinajstić information content (AvgIpc) is 3.06. The van der Waals surface area contributed by atoms with Crippen LogP contribution in [0.2, 0.25) is 0 Å². The van der Waals surface area contributed by atoms with Gasteiger partial charge in [0.15, 0.2) is 11.2 Å². The Morgan fingerprint density at radius 2 is 1.92 bits per heavy atom. The maximum Gasteiger partial charge on any atom is 0.292 e. The highest BCUT2D eigenvalue weighted by molar-refractivity contribution is 5.99. The molecular formula is C16H17N7O. The smallest absolute Gasteiger partial charge is 0.292 e. The first-order chi connectivity index (χ1) is 11.3. The predicted molar refractivity (Wildman–Crippen MR) is 92.1 cm³/mol. The number of hydrogen-bond donors (Lipinski definition) is 2. The van der Waals surface area contributed by atoms with E-state index < -0.39 is 0 Å². The Labute approximate surface area is 137 Å². The maximum absolute atomic E-state index is 6.11. The molecule has 3 heterocycles. The first-order valence-corrected chi connectivity index (χ1v) is 7.51. The van der Waals surface area contributed by atoms with Crippen molar-refractivity contribution in [3.05, 3.63) is 24.5 Å². The first-order valence-electron chi connectivity index (χ1n) is 7.51. The van der Waals surface area contributed by atoms with Crippen molar-refractivity contribution in [2.45, 2.75) is 26.3 Å². The molecule has 0 saturated heterocycles. The number of anilines is 2. The predicted octanol–water partition coefficient (Wildman–Crippen LogP) is 2.55. The third kappa shape index (κ3) is 2.07. The largest absolute Gasteiger partial charge is 0.424 e. The molecule has 1 aromatic carbocycles. The highest BCUT2D eigenvalue weighted by Gasteiger charge is 2.24. The SMILES string of the molecule is CC(C)(C)n1nc(-c2ccc3oc(N)nc3c2)c2c(N)ncnc21. The van der Waals surface area contributed by atoms with Crippen molar-refractivity contribution in [3.8, 4) is 11.3 Å². The number of oxazole rings is 1. The summed E-state index contributed by atoms with van der Waals surface area (Å²) in [5.41, 5.74) is 15.0. The van der Waals surface area contributed by atoms with Crippen molar-refractivity contribution in [2.75, 3.05) is 11.5 Å². The lowest BCUT2D eigenvalue weighted by Gasteiger charge is -2.19. The Bertz CT molecular complexity index is 1070. The molecule has 0 unspecified atom stereocenters. The van der Waals surface area contributed by atoms with Gasteiger partial charge >= 0.3 is 0 Å². The maximum atomic E-state index is 6.11. The fourth-order valence-electron chi connectivity index (χ4n) is 2.74. The first kappa shape index (κ1) is 14.4. The van der Waals surface area contributed by atoms with Crippen LogP contribution in [0.3, 0.4) is 0 Å². The van der Waals surface area contributed by atoms with E-state index in [4.69, 9.17) is 21.0 Å².